The molecule has 4 aromatic carbocycles. The zero-order valence-corrected chi connectivity index (χ0v) is 20.7. The topological polar surface area (TPSA) is 76.7 Å². The molecule has 0 radical (unpaired) electrons. The van der Waals surface area contributed by atoms with Crippen LogP contribution in [0.2, 0.25) is 10.0 Å². The molecule has 2 amide bonds. The fraction of sp³-hybridized carbons (Fsp3) is 0.0714. The summed E-state index contributed by atoms with van der Waals surface area (Å²) in [5, 5.41) is 6.37. The molecule has 2 N–H and O–H groups in total. The van der Waals surface area contributed by atoms with E-state index >= 15 is 0 Å². The first-order chi connectivity index (χ1) is 17.4. The smallest absolute Gasteiger partial charge is 0.265 e. The number of carbonyl (C=O) groups is 2. The third kappa shape index (κ3) is 6.78. The van der Waals surface area contributed by atoms with Gasteiger partial charge < -0.3 is 20.1 Å². The number of nitrogens with one attached hydrogen (secondary N) is 2. The summed E-state index contributed by atoms with van der Waals surface area (Å²) in [6.07, 6.45) is -0.768. The average Bonchev–Trinajstić information content (AvgIpc) is 2.88. The molecule has 0 saturated heterocycles. The highest BCUT2D eigenvalue weighted by Crippen LogP contribution is 2.26. The largest absolute Gasteiger partial charge is 0.481 e. The summed E-state index contributed by atoms with van der Waals surface area (Å²) < 4.78 is 11.5. The first-order valence-electron chi connectivity index (χ1n) is 11.0. The predicted molar refractivity (Wildman–Crippen MR) is 143 cm³/mol. The molecule has 0 aliphatic carbocycles. The lowest BCUT2D eigenvalue weighted by atomic mass is 10.2. The van der Waals surface area contributed by atoms with E-state index in [9.17, 15) is 9.59 Å². The second-order valence-electron chi connectivity index (χ2n) is 7.79. The number of anilines is 2. The summed E-state index contributed by atoms with van der Waals surface area (Å²) in [4.78, 5) is 25.1. The van der Waals surface area contributed by atoms with E-state index in [0.29, 0.717) is 38.5 Å². The molecule has 36 heavy (non-hydrogen) atoms. The molecule has 0 bridgehead atoms. The molecular weight excluding hydrogens is 499 g/mol. The number of benzene rings is 4. The number of amides is 2. The molecule has 4 aromatic rings. The SMILES string of the molecule is CC(Oc1ccc(C(=O)Nc2cc(Cl)ccc2Cl)cc1)C(=O)Nc1ccc(Oc2ccccc2)cc1. The number of rotatable bonds is 8. The Bertz CT molecular complexity index is 1340. The van der Waals surface area contributed by atoms with Crippen LogP contribution >= 0.6 is 23.2 Å². The quantitative estimate of drug-likeness (QED) is 0.253. The van der Waals surface area contributed by atoms with Gasteiger partial charge in [-0.3, -0.25) is 9.59 Å². The highest BCUT2D eigenvalue weighted by Gasteiger charge is 2.16. The molecule has 0 aliphatic heterocycles. The Balaban J connectivity index is 1.30. The van der Waals surface area contributed by atoms with Crippen molar-refractivity contribution in [3.05, 3.63) is 113 Å². The van der Waals surface area contributed by atoms with E-state index in [0.717, 1.165) is 5.75 Å². The number of hydrogen-bond acceptors (Lipinski definition) is 4. The standard InChI is InChI=1S/C28H22Cl2N2O4/c1-18(27(33)31-21-10-14-24(15-11-21)36-22-5-3-2-4-6-22)35-23-12-7-19(8-13-23)28(34)32-26-17-20(29)9-16-25(26)30/h2-18H,1H3,(H,31,33)(H,32,34). The summed E-state index contributed by atoms with van der Waals surface area (Å²) in [5.74, 6) is 1.17. The zero-order valence-electron chi connectivity index (χ0n) is 19.2. The number of para-hydroxylation sites is 1. The number of ether oxygens (including phenoxy) is 2. The molecule has 0 fully saturated rings. The molecule has 0 saturated carbocycles. The fourth-order valence-corrected chi connectivity index (χ4v) is 3.54. The molecule has 0 spiro atoms. The van der Waals surface area contributed by atoms with Crippen LogP contribution in [-0.4, -0.2) is 17.9 Å². The van der Waals surface area contributed by atoms with Gasteiger partial charge in [-0.25, -0.2) is 0 Å². The van der Waals surface area contributed by atoms with E-state index in [2.05, 4.69) is 10.6 Å². The van der Waals surface area contributed by atoms with Crippen molar-refractivity contribution in [3.8, 4) is 17.2 Å². The van der Waals surface area contributed by atoms with Crippen LogP contribution in [0.4, 0.5) is 11.4 Å². The lowest BCUT2D eigenvalue weighted by Crippen LogP contribution is -2.30. The molecule has 8 heteroatoms. The minimum Gasteiger partial charge on any atom is -0.481 e. The van der Waals surface area contributed by atoms with Gasteiger partial charge in [0.2, 0.25) is 0 Å². The Morgan fingerprint density at radius 1 is 0.750 bits per heavy atom. The lowest BCUT2D eigenvalue weighted by Gasteiger charge is -2.15. The van der Waals surface area contributed by atoms with E-state index in [1.54, 1.807) is 73.7 Å². The molecule has 0 aliphatic rings. The van der Waals surface area contributed by atoms with E-state index in [1.807, 2.05) is 30.3 Å². The summed E-state index contributed by atoms with van der Waals surface area (Å²) in [6.45, 7) is 1.64. The normalized spacial score (nSPS) is 11.3. The van der Waals surface area contributed by atoms with Crippen molar-refractivity contribution in [1.29, 1.82) is 0 Å². The highest BCUT2D eigenvalue weighted by molar-refractivity contribution is 6.35. The molecule has 0 heterocycles. The van der Waals surface area contributed by atoms with Gasteiger partial charge in [0.05, 0.1) is 10.7 Å². The average molecular weight is 521 g/mol. The first kappa shape index (κ1) is 25.1. The van der Waals surface area contributed by atoms with E-state index in [-0.39, 0.29) is 11.8 Å². The maximum atomic E-state index is 12.6. The van der Waals surface area contributed by atoms with Crippen LogP contribution in [0.1, 0.15) is 17.3 Å². The Morgan fingerprint density at radius 2 is 1.39 bits per heavy atom. The van der Waals surface area contributed by atoms with Crippen molar-refractivity contribution in [2.75, 3.05) is 10.6 Å². The van der Waals surface area contributed by atoms with E-state index < -0.39 is 6.10 Å². The third-order valence-electron chi connectivity index (χ3n) is 5.08. The van der Waals surface area contributed by atoms with Crippen LogP contribution in [0.25, 0.3) is 0 Å². The summed E-state index contributed by atoms with van der Waals surface area (Å²) in [7, 11) is 0. The van der Waals surface area contributed by atoms with E-state index in [1.165, 1.54) is 0 Å². The monoisotopic (exact) mass is 520 g/mol. The minimum atomic E-state index is -0.768. The number of hydrogen-bond donors (Lipinski definition) is 2. The van der Waals surface area contributed by atoms with Crippen molar-refractivity contribution in [1.82, 2.24) is 0 Å². The van der Waals surface area contributed by atoms with Crippen molar-refractivity contribution in [3.63, 3.8) is 0 Å². The second kappa shape index (κ2) is 11.6. The molecule has 4 rings (SSSR count). The van der Waals surface area contributed by atoms with Crippen molar-refractivity contribution in [2.45, 2.75) is 13.0 Å². The van der Waals surface area contributed by atoms with Gasteiger partial charge in [0.1, 0.15) is 17.2 Å². The van der Waals surface area contributed by atoms with Gasteiger partial charge in [0.15, 0.2) is 6.10 Å². The van der Waals surface area contributed by atoms with Crippen LogP contribution in [0.15, 0.2) is 97.1 Å². The zero-order chi connectivity index (χ0) is 25.5. The van der Waals surface area contributed by atoms with Crippen LogP contribution < -0.4 is 20.1 Å². The third-order valence-corrected chi connectivity index (χ3v) is 5.64. The Hall–Kier alpha value is -4.00. The Kier molecular flexibility index (Phi) is 8.10. The molecular formula is C28H22Cl2N2O4. The molecule has 1 unspecified atom stereocenters. The minimum absolute atomic E-state index is 0.316. The summed E-state index contributed by atoms with van der Waals surface area (Å²) >= 11 is 12.1. The van der Waals surface area contributed by atoms with Crippen LogP contribution in [-0.2, 0) is 4.79 Å². The Morgan fingerprint density at radius 3 is 2.08 bits per heavy atom. The Labute approximate surface area is 218 Å². The van der Waals surface area contributed by atoms with Gasteiger partial charge in [0, 0.05) is 16.3 Å². The second-order valence-corrected chi connectivity index (χ2v) is 8.64. The number of halogens is 2. The van der Waals surface area contributed by atoms with Gasteiger partial charge >= 0.3 is 0 Å². The summed E-state index contributed by atoms with van der Waals surface area (Å²) in [6, 6.07) is 27.7. The molecule has 1 atom stereocenters. The van der Waals surface area contributed by atoms with Crippen molar-refractivity contribution < 1.29 is 19.1 Å². The number of carbonyl (C=O) groups excluding carboxylic acids is 2. The van der Waals surface area contributed by atoms with Gasteiger partial charge in [-0.2, -0.15) is 0 Å². The molecule has 6 nitrogen and oxygen atoms in total. The van der Waals surface area contributed by atoms with Gasteiger partial charge in [-0.05, 0) is 85.8 Å². The maximum Gasteiger partial charge on any atom is 0.265 e. The predicted octanol–water partition coefficient (Wildman–Crippen LogP) is 7.44. The fourth-order valence-electron chi connectivity index (χ4n) is 3.21. The van der Waals surface area contributed by atoms with Gasteiger partial charge in [-0.15, -0.1) is 0 Å². The first-order valence-corrected chi connectivity index (χ1v) is 11.8. The highest BCUT2D eigenvalue weighted by atomic mass is 35.5. The maximum absolute atomic E-state index is 12.6. The van der Waals surface area contributed by atoms with Gasteiger partial charge in [0.25, 0.3) is 11.8 Å². The molecule has 0 aromatic heterocycles. The van der Waals surface area contributed by atoms with Gasteiger partial charge in [-0.1, -0.05) is 41.4 Å². The van der Waals surface area contributed by atoms with Crippen LogP contribution in [0, 0.1) is 0 Å². The van der Waals surface area contributed by atoms with Crippen LogP contribution in [0.3, 0.4) is 0 Å². The van der Waals surface area contributed by atoms with Crippen molar-refractivity contribution >= 4 is 46.4 Å². The van der Waals surface area contributed by atoms with E-state index in [4.69, 9.17) is 32.7 Å². The summed E-state index contributed by atoms with van der Waals surface area (Å²) in [5.41, 5.74) is 1.43. The van der Waals surface area contributed by atoms with Crippen molar-refractivity contribution in [2.24, 2.45) is 0 Å². The van der Waals surface area contributed by atoms with Crippen LogP contribution in [0.5, 0.6) is 17.2 Å². The lowest BCUT2D eigenvalue weighted by molar-refractivity contribution is -0.122. The molecule has 182 valence electrons.